The van der Waals surface area contributed by atoms with Gasteiger partial charge in [-0.3, -0.25) is 19.4 Å². The molecule has 0 bridgehead atoms. The van der Waals surface area contributed by atoms with Gasteiger partial charge in [0.2, 0.25) is 5.91 Å². The fourth-order valence-electron chi connectivity index (χ4n) is 4.48. The fourth-order valence-corrected chi connectivity index (χ4v) is 4.48. The van der Waals surface area contributed by atoms with Gasteiger partial charge in [-0.05, 0) is 49.3 Å². The van der Waals surface area contributed by atoms with Gasteiger partial charge >= 0.3 is 0 Å². The molecule has 2 aliphatic rings. The summed E-state index contributed by atoms with van der Waals surface area (Å²) in [7, 11) is 0. The van der Waals surface area contributed by atoms with Crippen LogP contribution >= 0.6 is 0 Å². The van der Waals surface area contributed by atoms with Gasteiger partial charge in [-0.2, -0.15) is 10.5 Å². The van der Waals surface area contributed by atoms with Crippen molar-refractivity contribution in [1.82, 2.24) is 14.6 Å². The SMILES string of the molecule is N#Cc1cncc([C@@H]2CCON2C(=O)C2CCC(Cn3cc(C#N)ccc3=O)CC2)c1. The zero-order valence-electron chi connectivity index (χ0n) is 17.1. The first-order valence-corrected chi connectivity index (χ1v) is 10.5. The van der Waals surface area contributed by atoms with E-state index in [0.29, 0.717) is 36.6 Å². The van der Waals surface area contributed by atoms with Crippen LogP contribution in [0.3, 0.4) is 0 Å². The summed E-state index contributed by atoms with van der Waals surface area (Å²) in [6, 6.07) is 8.64. The van der Waals surface area contributed by atoms with Crippen LogP contribution in [0.1, 0.15) is 54.8 Å². The molecule has 1 aliphatic heterocycles. The van der Waals surface area contributed by atoms with Crippen LogP contribution in [-0.4, -0.2) is 27.1 Å². The topological polar surface area (TPSA) is 112 Å². The molecule has 0 unspecified atom stereocenters. The predicted molar refractivity (Wildman–Crippen MR) is 110 cm³/mol. The third-order valence-electron chi connectivity index (χ3n) is 6.16. The second kappa shape index (κ2) is 9.11. The molecule has 1 aliphatic carbocycles. The second-order valence-electron chi connectivity index (χ2n) is 8.16. The number of nitriles is 2. The lowest BCUT2D eigenvalue weighted by Crippen LogP contribution is -2.37. The van der Waals surface area contributed by atoms with Crippen LogP contribution in [-0.2, 0) is 16.2 Å². The number of hydrogen-bond acceptors (Lipinski definition) is 6. The van der Waals surface area contributed by atoms with E-state index < -0.39 is 0 Å². The number of amides is 1. The summed E-state index contributed by atoms with van der Waals surface area (Å²) in [6.45, 7) is 1.02. The summed E-state index contributed by atoms with van der Waals surface area (Å²) >= 11 is 0. The van der Waals surface area contributed by atoms with E-state index in [2.05, 4.69) is 17.1 Å². The lowest BCUT2D eigenvalue weighted by atomic mass is 9.81. The van der Waals surface area contributed by atoms with Crippen molar-refractivity contribution in [1.29, 1.82) is 10.5 Å². The van der Waals surface area contributed by atoms with E-state index in [1.54, 1.807) is 23.0 Å². The highest BCUT2D eigenvalue weighted by atomic mass is 16.7. The van der Waals surface area contributed by atoms with Crippen LogP contribution in [0, 0.1) is 34.5 Å². The highest BCUT2D eigenvalue weighted by molar-refractivity contribution is 5.78. The molecule has 4 rings (SSSR count). The average Bonchev–Trinajstić information content (AvgIpc) is 3.30. The Morgan fingerprint density at radius 1 is 1.10 bits per heavy atom. The van der Waals surface area contributed by atoms with Crippen molar-refractivity contribution in [3.63, 3.8) is 0 Å². The average molecular weight is 417 g/mol. The van der Waals surface area contributed by atoms with E-state index in [0.717, 1.165) is 31.2 Å². The molecule has 8 nitrogen and oxygen atoms in total. The van der Waals surface area contributed by atoms with Gasteiger partial charge < -0.3 is 4.57 Å². The number of carbonyl (C=O) groups is 1. The lowest BCUT2D eigenvalue weighted by molar-refractivity contribution is -0.183. The molecule has 2 aromatic rings. The summed E-state index contributed by atoms with van der Waals surface area (Å²) in [6.07, 6.45) is 8.61. The molecule has 8 heteroatoms. The summed E-state index contributed by atoms with van der Waals surface area (Å²) in [4.78, 5) is 35.0. The molecule has 1 saturated carbocycles. The maximum Gasteiger partial charge on any atom is 0.250 e. The molecule has 0 aromatic carbocycles. The van der Waals surface area contributed by atoms with Gasteiger partial charge in [0.05, 0.1) is 23.8 Å². The lowest BCUT2D eigenvalue weighted by Gasteiger charge is -2.32. The quantitative estimate of drug-likeness (QED) is 0.756. The van der Waals surface area contributed by atoms with E-state index in [9.17, 15) is 9.59 Å². The molecule has 1 atom stereocenters. The maximum absolute atomic E-state index is 13.2. The Balaban J connectivity index is 1.38. The van der Waals surface area contributed by atoms with Crippen LogP contribution in [0.5, 0.6) is 0 Å². The smallest absolute Gasteiger partial charge is 0.250 e. The Morgan fingerprint density at radius 2 is 1.87 bits per heavy atom. The number of rotatable bonds is 4. The first-order valence-electron chi connectivity index (χ1n) is 10.5. The van der Waals surface area contributed by atoms with Crippen LogP contribution in [0.2, 0.25) is 0 Å². The molecule has 0 spiro atoms. The van der Waals surface area contributed by atoms with Crippen molar-refractivity contribution < 1.29 is 9.63 Å². The molecule has 0 radical (unpaired) electrons. The molecule has 0 N–H and O–H groups in total. The molecule has 2 fully saturated rings. The van der Waals surface area contributed by atoms with Gasteiger partial charge in [0, 0.05) is 43.5 Å². The fraction of sp³-hybridized carbons (Fsp3) is 0.435. The van der Waals surface area contributed by atoms with Crippen LogP contribution < -0.4 is 5.56 Å². The second-order valence-corrected chi connectivity index (χ2v) is 8.16. The highest BCUT2D eigenvalue weighted by Crippen LogP contribution is 2.36. The van der Waals surface area contributed by atoms with Crippen LogP contribution in [0.15, 0.2) is 41.6 Å². The molecule has 1 saturated heterocycles. The maximum atomic E-state index is 13.2. The first kappa shape index (κ1) is 20.8. The zero-order valence-corrected chi connectivity index (χ0v) is 17.1. The molecular formula is C23H23N5O3. The Labute approximate surface area is 180 Å². The Morgan fingerprint density at radius 3 is 2.61 bits per heavy atom. The van der Waals surface area contributed by atoms with Crippen molar-refractivity contribution in [3.05, 3.63) is 63.8 Å². The predicted octanol–water partition coefficient (Wildman–Crippen LogP) is 2.70. The number of carbonyl (C=O) groups excluding carboxylic acids is 1. The van der Waals surface area contributed by atoms with Crippen LogP contribution in [0.4, 0.5) is 0 Å². The highest BCUT2D eigenvalue weighted by Gasteiger charge is 2.37. The minimum Gasteiger partial charge on any atom is -0.314 e. The van der Waals surface area contributed by atoms with Crippen molar-refractivity contribution in [2.45, 2.75) is 44.7 Å². The normalized spacial score (nSPS) is 23.2. The van der Waals surface area contributed by atoms with Gasteiger partial charge in [0.15, 0.2) is 0 Å². The summed E-state index contributed by atoms with van der Waals surface area (Å²) in [5.41, 5.74) is 1.64. The van der Waals surface area contributed by atoms with Gasteiger partial charge in [-0.15, -0.1) is 0 Å². The molecule has 158 valence electrons. The number of aromatic nitrogens is 2. The monoisotopic (exact) mass is 417 g/mol. The zero-order chi connectivity index (χ0) is 21.8. The van der Waals surface area contributed by atoms with E-state index in [-0.39, 0.29) is 23.4 Å². The first-order chi connectivity index (χ1) is 15.1. The van der Waals surface area contributed by atoms with Crippen molar-refractivity contribution in [2.24, 2.45) is 11.8 Å². The minimum absolute atomic E-state index is 0.0213. The third kappa shape index (κ3) is 4.50. The number of hydroxylamine groups is 2. The number of nitrogens with zero attached hydrogens (tertiary/aromatic N) is 5. The minimum atomic E-state index is -0.224. The summed E-state index contributed by atoms with van der Waals surface area (Å²) in [5, 5.41) is 19.7. The molecule has 2 aromatic heterocycles. The number of pyridine rings is 2. The Bertz CT molecular complexity index is 1110. The Hall–Kier alpha value is -3.49. The van der Waals surface area contributed by atoms with E-state index in [1.165, 1.54) is 23.4 Å². The van der Waals surface area contributed by atoms with Crippen molar-refractivity contribution in [2.75, 3.05) is 6.61 Å². The molecule has 31 heavy (non-hydrogen) atoms. The summed E-state index contributed by atoms with van der Waals surface area (Å²) < 4.78 is 1.60. The summed E-state index contributed by atoms with van der Waals surface area (Å²) in [5.74, 6) is 0.153. The van der Waals surface area contributed by atoms with Crippen molar-refractivity contribution in [3.8, 4) is 12.1 Å². The standard InChI is InChI=1S/C23H23N5O3/c24-10-17-3-6-22(29)27(15-17)14-16-1-4-19(5-2-16)23(30)28-21(7-8-31-28)20-9-18(11-25)12-26-13-20/h3,6,9,12-13,15-16,19,21H,1-2,4-5,7-8,14H2/t16?,19?,21-/m0/s1. The van der Waals surface area contributed by atoms with Gasteiger partial charge in [0.1, 0.15) is 12.1 Å². The van der Waals surface area contributed by atoms with Crippen molar-refractivity contribution >= 4 is 5.91 Å². The van der Waals surface area contributed by atoms with E-state index in [4.69, 9.17) is 15.4 Å². The van der Waals surface area contributed by atoms with Crippen LogP contribution in [0.25, 0.3) is 0 Å². The molecular weight excluding hydrogens is 394 g/mol. The Kier molecular flexibility index (Phi) is 6.11. The molecule has 1 amide bonds. The third-order valence-corrected chi connectivity index (χ3v) is 6.16. The van der Waals surface area contributed by atoms with Gasteiger partial charge in [-0.25, -0.2) is 5.06 Å². The largest absolute Gasteiger partial charge is 0.314 e. The van der Waals surface area contributed by atoms with E-state index >= 15 is 0 Å². The molecule has 3 heterocycles. The van der Waals surface area contributed by atoms with Gasteiger partial charge in [-0.1, -0.05) is 0 Å². The number of hydrogen-bond donors (Lipinski definition) is 0. The van der Waals surface area contributed by atoms with E-state index in [1.807, 2.05) is 0 Å². The van der Waals surface area contributed by atoms with Gasteiger partial charge in [0.25, 0.3) is 5.56 Å².